The second-order valence-corrected chi connectivity index (χ2v) is 12.8. The number of anilines is 3. The summed E-state index contributed by atoms with van der Waals surface area (Å²) >= 11 is 6.68. The molecule has 2 atom stereocenters. The number of piperidine rings is 1. The molecule has 0 aliphatic carbocycles. The summed E-state index contributed by atoms with van der Waals surface area (Å²) in [6.07, 6.45) is 0.597. The number of nitrogens with one attached hydrogen (secondary N) is 1. The molecular formula is C32H34ClF6N9O. The van der Waals surface area contributed by atoms with E-state index in [0.29, 0.717) is 60.3 Å². The van der Waals surface area contributed by atoms with Crippen LogP contribution in [0.3, 0.4) is 0 Å². The van der Waals surface area contributed by atoms with Crippen LogP contribution in [0.5, 0.6) is 0 Å². The maximum Gasteiger partial charge on any atom is 0.416 e. The molecule has 0 amide bonds. The van der Waals surface area contributed by atoms with Gasteiger partial charge in [0.1, 0.15) is 5.02 Å². The van der Waals surface area contributed by atoms with Gasteiger partial charge in [0.25, 0.3) is 0 Å². The fraction of sp³-hybridized carbons (Fsp3) is 0.469. The number of hydrogen-bond acceptors (Lipinski definition) is 9. The minimum atomic E-state index is -4.99. The zero-order valence-electron chi connectivity index (χ0n) is 26.4. The van der Waals surface area contributed by atoms with E-state index in [-0.39, 0.29) is 42.8 Å². The van der Waals surface area contributed by atoms with Gasteiger partial charge in [-0.2, -0.15) is 36.4 Å². The number of alkyl halides is 6. The second kappa shape index (κ2) is 14.0. The van der Waals surface area contributed by atoms with Crippen molar-refractivity contribution in [2.45, 2.75) is 76.1 Å². The maximum atomic E-state index is 13.8. The molecule has 0 spiro atoms. The van der Waals surface area contributed by atoms with Crippen LogP contribution in [0.4, 0.5) is 44.1 Å². The van der Waals surface area contributed by atoms with Gasteiger partial charge in [-0.05, 0) is 49.4 Å². The molecule has 17 heteroatoms. The van der Waals surface area contributed by atoms with Gasteiger partial charge in [-0.3, -0.25) is 5.10 Å². The van der Waals surface area contributed by atoms with E-state index in [1.54, 1.807) is 17.3 Å². The lowest BCUT2D eigenvalue weighted by molar-refractivity contribution is -0.143. The first-order valence-corrected chi connectivity index (χ1v) is 16.3. The molecule has 5 heterocycles. The van der Waals surface area contributed by atoms with E-state index < -0.39 is 29.5 Å². The van der Waals surface area contributed by atoms with Gasteiger partial charge in [-0.15, -0.1) is 0 Å². The van der Waals surface area contributed by atoms with E-state index in [2.05, 4.69) is 25.1 Å². The Hall–Kier alpha value is -4.18. The van der Waals surface area contributed by atoms with Gasteiger partial charge in [0.05, 0.1) is 35.7 Å². The number of aliphatic hydroxyl groups excluding tert-OH is 1. The van der Waals surface area contributed by atoms with Gasteiger partial charge in [0.2, 0.25) is 11.9 Å². The number of benzene rings is 1. The molecule has 0 radical (unpaired) electrons. The lowest BCUT2D eigenvalue weighted by Crippen LogP contribution is -2.39. The molecule has 2 saturated heterocycles. The van der Waals surface area contributed by atoms with Crippen LogP contribution in [-0.2, 0) is 18.9 Å². The first-order chi connectivity index (χ1) is 23.3. The fourth-order valence-corrected chi connectivity index (χ4v) is 6.65. The third kappa shape index (κ3) is 7.85. The van der Waals surface area contributed by atoms with Gasteiger partial charge in [0, 0.05) is 61.9 Å². The molecule has 0 saturated carbocycles. The Kier molecular flexibility index (Phi) is 9.89. The number of hydrogen-bond donors (Lipinski definition) is 2. The highest BCUT2D eigenvalue weighted by molar-refractivity contribution is 6.32. The molecule has 2 aliphatic heterocycles. The second-order valence-electron chi connectivity index (χ2n) is 12.3. The summed E-state index contributed by atoms with van der Waals surface area (Å²) in [6, 6.07) is 1.04. The molecule has 0 unspecified atom stereocenters. The molecule has 1 aromatic carbocycles. The third-order valence-electron chi connectivity index (χ3n) is 8.91. The van der Waals surface area contributed by atoms with E-state index in [4.69, 9.17) is 16.6 Å². The van der Waals surface area contributed by atoms with Gasteiger partial charge < -0.3 is 19.8 Å². The monoisotopic (exact) mass is 709 g/mol. The van der Waals surface area contributed by atoms with E-state index in [9.17, 15) is 31.4 Å². The predicted molar refractivity (Wildman–Crippen MR) is 171 cm³/mol. The number of aliphatic hydroxyl groups is 1. The Labute approximate surface area is 283 Å². The molecule has 6 rings (SSSR count). The summed E-state index contributed by atoms with van der Waals surface area (Å²) in [5, 5.41) is 16.9. The van der Waals surface area contributed by atoms with Crippen LogP contribution < -0.4 is 14.7 Å². The van der Waals surface area contributed by atoms with Crippen LogP contribution in [0.25, 0.3) is 11.1 Å². The predicted octanol–water partition coefficient (Wildman–Crippen LogP) is 6.76. The first-order valence-electron chi connectivity index (χ1n) is 15.9. The highest BCUT2D eigenvalue weighted by Gasteiger charge is 2.40. The summed E-state index contributed by atoms with van der Waals surface area (Å²) in [6.45, 7) is 3.13. The smallest absolute Gasteiger partial charge is 0.393 e. The van der Waals surface area contributed by atoms with E-state index >= 15 is 0 Å². The summed E-state index contributed by atoms with van der Waals surface area (Å²) < 4.78 is 82.9. The Morgan fingerprint density at radius 3 is 2.20 bits per heavy atom. The van der Waals surface area contributed by atoms with E-state index in [0.717, 1.165) is 25.0 Å². The highest BCUT2D eigenvalue weighted by Crippen LogP contribution is 2.39. The lowest BCUT2D eigenvalue weighted by Gasteiger charge is -2.32. The van der Waals surface area contributed by atoms with Crippen LogP contribution in [-0.4, -0.2) is 73.1 Å². The van der Waals surface area contributed by atoms with Crippen molar-refractivity contribution in [3.63, 3.8) is 0 Å². The number of H-pyrrole nitrogens is 1. The standard InChI is InChI=1S/C32H34ClF6N9O/c1-2-3-24-11-25(18-47(24)28-27(33)16-42-30(45-28)46-6-4-26(49)5-7-46)48(29-40-12-20(13-41-29)21-14-43-44-15-21)17-19-8-22(31(34,35)36)10-23(9-19)32(37,38)39/h8-10,12-16,24-26,49H,2-7,11,17-18H2,1H3,(H,43,44)/t24-,25+/m1/s1. The maximum absolute atomic E-state index is 13.8. The number of aromatic amines is 1. The van der Waals surface area contributed by atoms with Crippen molar-refractivity contribution in [3.05, 3.63) is 70.9 Å². The zero-order chi connectivity index (χ0) is 34.9. The lowest BCUT2D eigenvalue weighted by atomic mass is 10.0. The molecule has 2 fully saturated rings. The van der Waals surface area contributed by atoms with Crippen molar-refractivity contribution in [2.75, 3.05) is 34.3 Å². The van der Waals surface area contributed by atoms with Crippen molar-refractivity contribution >= 4 is 29.3 Å². The van der Waals surface area contributed by atoms with E-state index in [1.807, 2.05) is 16.7 Å². The average molecular weight is 710 g/mol. The molecule has 4 aromatic rings. The highest BCUT2D eigenvalue weighted by atomic mass is 35.5. The molecule has 10 nitrogen and oxygen atoms in total. The van der Waals surface area contributed by atoms with Gasteiger partial charge in [-0.25, -0.2) is 15.0 Å². The molecule has 2 aliphatic rings. The minimum absolute atomic E-state index is 0.113. The van der Waals surface area contributed by atoms with Crippen LogP contribution in [0.2, 0.25) is 5.02 Å². The Morgan fingerprint density at radius 1 is 0.939 bits per heavy atom. The Balaban J connectivity index is 1.37. The Bertz CT molecular complexity index is 1680. The number of rotatable bonds is 9. The van der Waals surface area contributed by atoms with Crippen LogP contribution >= 0.6 is 11.6 Å². The van der Waals surface area contributed by atoms with Crippen LogP contribution in [0, 0.1) is 0 Å². The van der Waals surface area contributed by atoms with Gasteiger partial charge in [0.15, 0.2) is 5.82 Å². The molecule has 2 N–H and O–H groups in total. The molecule has 49 heavy (non-hydrogen) atoms. The SMILES string of the molecule is CCC[C@@H]1C[C@H](N(Cc2cc(C(F)(F)F)cc(C(F)(F)F)c2)c2ncc(-c3cn[nH]c3)cn2)CN1c1nc(N2CCC(O)CC2)ncc1Cl. The fourth-order valence-electron chi connectivity index (χ4n) is 6.45. The van der Waals surface area contributed by atoms with Crippen molar-refractivity contribution < 1.29 is 31.4 Å². The normalized spacial score (nSPS) is 19.1. The van der Waals surface area contributed by atoms with Crippen molar-refractivity contribution in [3.8, 4) is 11.1 Å². The molecule has 0 bridgehead atoms. The molecule has 262 valence electrons. The number of aromatic nitrogens is 6. The summed E-state index contributed by atoms with van der Waals surface area (Å²) in [5.74, 6) is 1.08. The van der Waals surface area contributed by atoms with Crippen molar-refractivity contribution in [2.24, 2.45) is 0 Å². The molecule has 3 aromatic heterocycles. The van der Waals surface area contributed by atoms with Crippen LogP contribution in [0.1, 0.15) is 55.7 Å². The largest absolute Gasteiger partial charge is 0.416 e. The minimum Gasteiger partial charge on any atom is -0.393 e. The molecular weight excluding hydrogens is 676 g/mol. The number of nitrogens with zero attached hydrogens (tertiary/aromatic N) is 8. The summed E-state index contributed by atoms with van der Waals surface area (Å²) in [7, 11) is 0. The zero-order valence-corrected chi connectivity index (χ0v) is 27.1. The van der Waals surface area contributed by atoms with Gasteiger partial charge >= 0.3 is 12.4 Å². The third-order valence-corrected chi connectivity index (χ3v) is 9.18. The Morgan fingerprint density at radius 2 is 1.61 bits per heavy atom. The summed E-state index contributed by atoms with van der Waals surface area (Å²) in [4.78, 5) is 23.9. The van der Waals surface area contributed by atoms with E-state index in [1.165, 1.54) is 18.6 Å². The van der Waals surface area contributed by atoms with Gasteiger partial charge in [-0.1, -0.05) is 24.9 Å². The quantitative estimate of drug-likeness (QED) is 0.182. The van der Waals surface area contributed by atoms with Crippen LogP contribution in [0.15, 0.2) is 49.2 Å². The number of halogens is 7. The first kappa shape index (κ1) is 34.7. The van der Waals surface area contributed by atoms with Crippen molar-refractivity contribution in [1.82, 2.24) is 30.1 Å². The topological polar surface area (TPSA) is 110 Å². The summed E-state index contributed by atoms with van der Waals surface area (Å²) in [5.41, 5.74) is -1.65. The average Bonchev–Trinajstić information content (AvgIpc) is 3.75. The van der Waals surface area contributed by atoms with Crippen molar-refractivity contribution in [1.29, 1.82) is 0 Å².